The van der Waals surface area contributed by atoms with Gasteiger partial charge in [0.25, 0.3) is 0 Å². The Hall–Kier alpha value is -0.860. The number of nitrogens with one attached hydrogen (secondary N) is 1. The summed E-state index contributed by atoms with van der Waals surface area (Å²) in [7, 11) is 0. The zero-order valence-electron chi connectivity index (χ0n) is 14.3. The van der Waals surface area contributed by atoms with Crippen LogP contribution in [0.15, 0.2) is 24.3 Å². The largest absolute Gasteiger partial charge is 0.308 e. The summed E-state index contributed by atoms with van der Waals surface area (Å²) in [6.45, 7) is 12.8. The van der Waals surface area contributed by atoms with Crippen LogP contribution in [0.1, 0.15) is 63.6 Å². The molecule has 0 spiro atoms. The number of likely N-dealkylation sites (tertiary alicyclic amines) is 1. The normalized spacial score (nSPS) is 20.4. The van der Waals surface area contributed by atoms with Gasteiger partial charge in [-0.05, 0) is 64.7 Å². The van der Waals surface area contributed by atoms with Crippen molar-refractivity contribution in [3.05, 3.63) is 35.4 Å². The Bertz CT molecular complexity index is 437. The van der Waals surface area contributed by atoms with Crippen LogP contribution >= 0.6 is 0 Å². The minimum Gasteiger partial charge on any atom is -0.308 e. The Morgan fingerprint density at radius 1 is 1.24 bits per heavy atom. The maximum absolute atomic E-state index is 3.84. The molecular weight excluding hydrogens is 256 g/mol. The number of hydrogen-bond donors (Lipinski definition) is 1. The Morgan fingerprint density at radius 2 is 1.95 bits per heavy atom. The molecule has 0 aromatic heterocycles. The van der Waals surface area contributed by atoms with E-state index in [1.165, 1.54) is 49.9 Å². The molecule has 0 saturated carbocycles. The lowest BCUT2D eigenvalue weighted by Gasteiger charge is -2.45. The van der Waals surface area contributed by atoms with Gasteiger partial charge in [0, 0.05) is 5.54 Å². The van der Waals surface area contributed by atoms with Crippen LogP contribution in [0.5, 0.6) is 0 Å². The second-order valence-electron chi connectivity index (χ2n) is 6.71. The molecule has 1 aliphatic rings. The molecule has 0 bridgehead atoms. The first-order chi connectivity index (χ1) is 10.1. The summed E-state index contributed by atoms with van der Waals surface area (Å²) in [6, 6.07) is 9.47. The zero-order valence-corrected chi connectivity index (χ0v) is 14.3. The molecule has 1 heterocycles. The Labute approximate surface area is 130 Å². The van der Waals surface area contributed by atoms with Gasteiger partial charge in [-0.15, -0.1) is 0 Å². The first-order valence-electron chi connectivity index (χ1n) is 8.66. The molecule has 0 radical (unpaired) electrons. The molecule has 1 aromatic rings. The van der Waals surface area contributed by atoms with Crippen molar-refractivity contribution < 1.29 is 0 Å². The summed E-state index contributed by atoms with van der Waals surface area (Å²) in [4.78, 5) is 2.71. The fourth-order valence-electron chi connectivity index (χ4n) is 3.67. The van der Waals surface area contributed by atoms with E-state index in [-0.39, 0.29) is 5.54 Å². The summed E-state index contributed by atoms with van der Waals surface area (Å²) in [5, 5.41) is 3.84. The Kier molecular flexibility index (Phi) is 5.83. The van der Waals surface area contributed by atoms with Crippen molar-refractivity contribution in [3.8, 4) is 0 Å². The van der Waals surface area contributed by atoms with E-state index in [2.05, 4.69) is 62.2 Å². The van der Waals surface area contributed by atoms with E-state index in [1.807, 2.05) is 0 Å². The Balaban J connectivity index is 2.32. The van der Waals surface area contributed by atoms with Gasteiger partial charge in [0.1, 0.15) is 0 Å². The summed E-state index contributed by atoms with van der Waals surface area (Å²) < 4.78 is 0. The van der Waals surface area contributed by atoms with Crippen molar-refractivity contribution in [1.82, 2.24) is 10.2 Å². The molecule has 2 nitrogen and oxygen atoms in total. The topological polar surface area (TPSA) is 15.3 Å². The van der Waals surface area contributed by atoms with Crippen LogP contribution in [0.2, 0.25) is 0 Å². The van der Waals surface area contributed by atoms with Gasteiger partial charge in [-0.25, -0.2) is 0 Å². The Morgan fingerprint density at radius 3 is 2.52 bits per heavy atom. The van der Waals surface area contributed by atoms with Crippen LogP contribution in [0, 0.1) is 6.92 Å². The van der Waals surface area contributed by atoms with Crippen molar-refractivity contribution in [2.75, 3.05) is 19.6 Å². The van der Waals surface area contributed by atoms with Crippen molar-refractivity contribution in [2.24, 2.45) is 0 Å². The van der Waals surface area contributed by atoms with Gasteiger partial charge in [-0.3, -0.25) is 4.90 Å². The molecule has 2 rings (SSSR count). The first kappa shape index (κ1) is 16.5. The predicted octanol–water partition coefficient (Wildman–Crippen LogP) is 4.30. The van der Waals surface area contributed by atoms with E-state index >= 15 is 0 Å². The monoisotopic (exact) mass is 288 g/mol. The van der Waals surface area contributed by atoms with Crippen LogP contribution in [-0.2, 0) is 0 Å². The number of benzene rings is 1. The lowest BCUT2D eigenvalue weighted by Crippen LogP contribution is -2.53. The summed E-state index contributed by atoms with van der Waals surface area (Å²) in [5.41, 5.74) is 3.01. The third kappa shape index (κ3) is 3.67. The van der Waals surface area contributed by atoms with Crippen LogP contribution in [0.25, 0.3) is 0 Å². The molecule has 118 valence electrons. The quantitative estimate of drug-likeness (QED) is 0.804. The summed E-state index contributed by atoms with van der Waals surface area (Å²) >= 11 is 0. The number of hydrogen-bond acceptors (Lipinski definition) is 2. The van der Waals surface area contributed by atoms with Crippen LogP contribution in [0.3, 0.4) is 0 Å². The van der Waals surface area contributed by atoms with Gasteiger partial charge in [-0.1, -0.05) is 43.7 Å². The van der Waals surface area contributed by atoms with Gasteiger partial charge in [0.15, 0.2) is 0 Å². The average molecular weight is 288 g/mol. The first-order valence-corrected chi connectivity index (χ1v) is 8.66. The molecule has 1 aliphatic heterocycles. The SMILES string of the molecule is CCCNC(c1cccc(C)c1)C(C)(CC)N1CCCC1. The van der Waals surface area contributed by atoms with E-state index in [4.69, 9.17) is 0 Å². The van der Waals surface area contributed by atoms with E-state index in [9.17, 15) is 0 Å². The molecule has 2 heteroatoms. The predicted molar refractivity (Wildman–Crippen MR) is 91.7 cm³/mol. The molecule has 2 atom stereocenters. The van der Waals surface area contributed by atoms with Gasteiger partial charge < -0.3 is 5.32 Å². The maximum Gasteiger partial charge on any atom is 0.0504 e. The zero-order chi connectivity index (χ0) is 15.3. The molecule has 1 N–H and O–H groups in total. The third-order valence-electron chi connectivity index (χ3n) is 5.14. The van der Waals surface area contributed by atoms with Crippen LogP contribution in [-0.4, -0.2) is 30.1 Å². The minimum atomic E-state index is 0.208. The smallest absolute Gasteiger partial charge is 0.0504 e. The van der Waals surface area contributed by atoms with Gasteiger partial charge in [0.05, 0.1) is 6.04 Å². The highest BCUT2D eigenvalue weighted by molar-refractivity contribution is 5.28. The molecule has 0 amide bonds. The summed E-state index contributed by atoms with van der Waals surface area (Å²) in [6.07, 6.45) is 5.07. The highest BCUT2D eigenvalue weighted by Gasteiger charge is 2.39. The fraction of sp³-hybridized carbons (Fsp3) is 0.684. The molecular formula is C19H32N2. The van der Waals surface area contributed by atoms with E-state index in [1.54, 1.807) is 0 Å². The van der Waals surface area contributed by atoms with Crippen LogP contribution < -0.4 is 5.32 Å². The standard InChI is InChI=1S/C19H32N2/c1-5-12-20-18(17-11-9-10-16(3)15-17)19(4,6-2)21-13-7-8-14-21/h9-11,15,18,20H,5-8,12-14H2,1-4H3. The van der Waals surface area contributed by atoms with Crippen molar-refractivity contribution in [3.63, 3.8) is 0 Å². The molecule has 1 aromatic carbocycles. The lowest BCUT2D eigenvalue weighted by molar-refractivity contribution is 0.0839. The number of rotatable bonds is 7. The number of aryl methyl sites for hydroxylation is 1. The van der Waals surface area contributed by atoms with E-state index in [0.29, 0.717) is 6.04 Å². The van der Waals surface area contributed by atoms with Gasteiger partial charge in [-0.2, -0.15) is 0 Å². The summed E-state index contributed by atoms with van der Waals surface area (Å²) in [5.74, 6) is 0. The van der Waals surface area contributed by atoms with E-state index < -0.39 is 0 Å². The third-order valence-corrected chi connectivity index (χ3v) is 5.14. The molecule has 1 saturated heterocycles. The molecule has 21 heavy (non-hydrogen) atoms. The lowest BCUT2D eigenvalue weighted by atomic mass is 9.82. The van der Waals surface area contributed by atoms with Crippen molar-refractivity contribution >= 4 is 0 Å². The van der Waals surface area contributed by atoms with E-state index in [0.717, 1.165) is 6.54 Å². The van der Waals surface area contributed by atoms with Crippen LogP contribution in [0.4, 0.5) is 0 Å². The average Bonchev–Trinajstić information content (AvgIpc) is 3.02. The molecule has 1 fully saturated rings. The van der Waals surface area contributed by atoms with Crippen molar-refractivity contribution in [2.45, 2.75) is 65.0 Å². The minimum absolute atomic E-state index is 0.208. The molecule has 2 unspecified atom stereocenters. The highest BCUT2D eigenvalue weighted by atomic mass is 15.2. The fourth-order valence-corrected chi connectivity index (χ4v) is 3.67. The van der Waals surface area contributed by atoms with Gasteiger partial charge in [0.2, 0.25) is 0 Å². The second kappa shape index (κ2) is 7.42. The maximum atomic E-state index is 3.84. The highest BCUT2D eigenvalue weighted by Crippen LogP contribution is 2.36. The number of nitrogens with zero attached hydrogens (tertiary/aromatic N) is 1. The molecule has 0 aliphatic carbocycles. The second-order valence-corrected chi connectivity index (χ2v) is 6.71. The van der Waals surface area contributed by atoms with Crippen molar-refractivity contribution in [1.29, 1.82) is 0 Å². The van der Waals surface area contributed by atoms with Gasteiger partial charge >= 0.3 is 0 Å².